The first-order valence-electron chi connectivity index (χ1n) is 10.1. The van der Waals surface area contributed by atoms with Crippen LogP contribution in [0.1, 0.15) is 40.2 Å². The van der Waals surface area contributed by atoms with E-state index in [2.05, 4.69) is 10.5 Å². The number of aryl methyl sites for hydroxylation is 2. The maximum Gasteiger partial charge on any atom is 0.251 e. The number of carbonyl (C=O) groups is 2. The molecule has 2 heterocycles. The Labute approximate surface area is 182 Å². The van der Waals surface area contributed by atoms with Gasteiger partial charge in [0.2, 0.25) is 15.9 Å². The molecule has 9 nitrogen and oxygen atoms in total. The van der Waals surface area contributed by atoms with Crippen molar-refractivity contribution in [3.05, 3.63) is 46.8 Å². The average molecular weight is 449 g/mol. The highest BCUT2D eigenvalue weighted by Gasteiger charge is 2.36. The molecule has 1 fully saturated rings. The molecular weight excluding hydrogens is 420 g/mol. The largest absolute Gasteiger partial charge is 0.360 e. The predicted octanol–water partition coefficient (Wildman–Crippen LogP) is 1.71. The topological polar surface area (TPSA) is 113 Å². The number of nitrogens with zero attached hydrogens (tertiary/aromatic N) is 3. The van der Waals surface area contributed by atoms with Gasteiger partial charge in [0.15, 0.2) is 5.76 Å². The van der Waals surface area contributed by atoms with E-state index in [0.717, 1.165) is 5.56 Å². The lowest BCUT2D eigenvalue weighted by atomic mass is 9.96. The summed E-state index contributed by atoms with van der Waals surface area (Å²) in [6.45, 7) is 4.16. The first-order chi connectivity index (χ1) is 14.6. The number of benzene rings is 1. The SMILES string of the molecule is CNC(=O)c1ccc(CN(C)C(=O)C2CCN(S(=O)(=O)c3c(C)noc3C)CC2)cc1. The predicted molar refractivity (Wildman–Crippen MR) is 114 cm³/mol. The van der Waals surface area contributed by atoms with Crippen LogP contribution in [-0.2, 0) is 21.4 Å². The minimum atomic E-state index is -3.69. The Hall–Kier alpha value is -2.72. The Bertz CT molecular complexity index is 1030. The van der Waals surface area contributed by atoms with E-state index in [1.807, 2.05) is 12.1 Å². The fourth-order valence-electron chi connectivity index (χ4n) is 3.88. The lowest BCUT2D eigenvalue weighted by molar-refractivity contribution is -0.135. The molecule has 168 valence electrons. The van der Waals surface area contributed by atoms with Crippen molar-refractivity contribution >= 4 is 21.8 Å². The highest BCUT2D eigenvalue weighted by Crippen LogP contribution is 2.28. The van der Waals surface area contributed by atoms with Crippen LogP contribution in [0.25, 0.3) is 0 Å². The normalized spacial score (nSPS) is 15.6. The Morgan fingerprint density at radius 1 is 1.19 bits per heavy atom. The highest BCUT2D eigenvalue weighted by atomic mass is 32.2. The van der Waals surface area contributed by atoms with Gasteiger partial charge in [0.1, 0.15) is 10.6 Å². The summed E-state index contributed by atoms with van der Waals surface area (Å²) in [6, 6.07) is 7.11. The van der Waals surface area contributed by atoms with Crippen molar-refractivity contribution in [3.63, 3.8) is 0 Å². The molecule has 1 aromatic carbocycles. The van der Waals surface area contributed by atoms with Gasteiger partial charge in [-0.15, -0.1) is 0 Å². The number of nitrogens with one attached hydrogen (secondary N) is 1. The van der Waals surface area contributed by atoms with Gasteiger partial charge in [-0.05, 0) is 44.4 Å². The van der Waals surface area contributed by atoms with E-state index in [4.69, 9.17) is 4.52 Å². The molecule has 1 N–H and O–H groups in total. The summed E-state index contributed by atoms with van der Waals surface area (Å²) in [4.78, 5) is 26.3. The van der Waals surface area contributed by atoms with Gasteiger partial charge >= 0.3 is 0 Å². The number of rotatable bonds is 6. The Morgan fingerprint density at radius 2 is 1.81 bits per heavy atom. The van der Waals surface area contributed by atoms with Crippen LogP contribution < -0.4 is 5.32 Å². The van der Waals surface area contributed by atoms with E-state index in [1.54, 1.807) is 45.0 Å². The molecule has 10 heteroatoms. The van der Waals surface area contributed by atoms with Gasteiger partial charge < -0.3 is 14.7 Å². The fourth-order valence-corrected chi connectivity index (χ4v) is 5.65. The summed E-state index contributed by atoms with van der Waals surface area (Å²) < 4.78 is 32.3. The van der Waals surface area contributed by atoms with Crippen LogP contribution in [0.3, 0.4) is 0 Å². The second-order valence-corrected chi connectivity index (χ2v) is 9.68. The van der Waals surface area contributed by atoms with Crippen LogP contribution in [0.2, 0.25) is 0 Å². The van der Waals surface area contributed by atoms with E-state index in [-0.39, 0.29) is 41.5 Å². The molecule has 1 aromatic heterocycles. The molecule has 1 aliphatic heterocycles. The summed E-state index contributed by atoms with van der Waals surface area (Å²) in [5.41, 5.74) is 1.83. The zero-order valence-corrected chi connectivity index (χ0v) is 19.0. The zero-order valence-electron chi connectivity index (χ0n) is 18.2. The Kier molecular flexibility index (Phi) is 6.80. The van der Waals surface area contributed by atoms with E-state index in [1.165, 1.54) is 4.31 Å². The summed E-state index contributed by atoms with van der Waals surface area (Å²) in [5, 5.41) is 6.31. The molecule has 2 amide bonds. The third kappa shape index (κ3) is 4.80. The molecule has 2 aromatic rings. The fraction of sp³-hybridized carbons (Fsp3) is 0.476. The van der Waals surface area contributed by atoms with Crippen molar-refractivity contribution in [2.75, 3.05) is 27.2 Å². The van der Waals surface area contributed by atoms with Gasteiger partial charge in [-0.1, -0.05) is 17.3 Å². The van der Waals surface area contributed by atoms with Crippen LogP contribution in [0.15, 0.2) is 33.7 Å². The van der Waals surface area contributed by atoms with Gasteiger partial charge in [-0.25, -0.2) is 8.42 Å². The van der Waals surface area contributed by atoms with Crippen molar-refractivity contribution in [2.24, 2.45) is 5.92 Å². The van der Waals surface area contributed by atoms with E-state index in [9.17, 15) is 18.0 Å². The first kappa shape index (κ1) is 23.0. The van der Waals surface area contributed by atoms with Crippen LogP contribution in [0.4, 0.5) is 0 Å². The first-order valence-corrected chi connectivity index (χ1v) is 11.6. The number of amides is 2. The Morgan fingerprint density at radius 3 is 2.32 bits per heavy atom. The number of sulfonamides is 1. The maximum absolute atomic E-state index is 12.9. The number of hydrogen-bond acceptors (Lipinski definition) is 6. The van der Waals surface area contributed by atoms with E-state index >= 15 is 0 Å². The summed E-state index contributed by atoms with van der Waals surface area (Å²) >= 11 is 0. The molecular formula is C21H28N4O5S. The molecule has 0 atom stereocenters. The van der Waals surface area contributed by atoms with Crippen LogP contribution in [0, 0.1) is 19.8 Å². The number of piperidine rings is 1. The molecule has 0 saturated carbocycles. The Balaban J connectivity index is 1.59. The average Bonchev–Trinajstić information content (AvgIpc) is 3.11. The van der Waals surface area contributed by atoms with Gasteiger partial charge in [0.25, 0.3) is 5.91 Å². The van der Waals surface area contributed by atoms with Gasteiger partial charge in [-0.3, -0.25) is 9.59 Å². The van der Waals surface area contributed by atoms with Crippen molar-refractivity contribution in [1.82, 2.24) is 19.7 Å². The monoisotopic (exact) mass is 448 g/mol. The molecule has 0 bridgehead atoms. The quantitative estimate of drug-likeness (QED) is 0.720. The standard InChI is InChI=1S/C21H28N4O5S/c1-14-19(15(2)30-23-14)31(28,29)25-11-9-18(10-12-25)21(27)24(4)13-16-5-7-17(8-6-16)20(26)22-3/h5-8,18H,9-13H2,1-4H3,(H,22,26). The minimum Gasteiger partial charge on any atom is -0.360 e. The van der Waals surface area contributed by atoms with E-state index < -0.39 is 10.0 Å². The molecule has 0 aliphatic carbocycles. The lowest BCUT2D eigenvalue weighted by Gasteiger charge is -2.32. The molecule has 31 heavy (non-hydrogen) atoms. The smallest absolute Gasteiger partial charge is 0.251 e. The molecule has 1 aliphatic rings. The summed E-state index contributed by atoms with van der Waals surface area (Å²) in [7, 11) is -0.377. The third-order valence-corrected chi connectivity index (χ3v) is 7.75. The zero-order chi connectivity index (χ0) is 22.8. The molecule has 1 saturated heterocycles. The van der Waals surface area contributed by atoms with Gasteiger partial charge in [0.05, 0.1) is 0 Å². The van der Waals surface area contributed by atoms with Crippen molar-refractivity contribution < 1.29 is 22.5 Å². The van der Waals surface area contributed by atoms with Crippen molar-refractivity contribution in [3.8, 4) is 0 Å². The van der Waals surface area contributed by atoms with Gasteiger partial charge in [-0.2, -0.15) is 4.31 Å². The summed E-state index contributed by atoms with van der Waals surface area (Å²) in [5.74, 6) is -0.122. The molecule has 0 unspecified atom stereocenters. The highest BCUT2D eigenvalue weighted by molar-refractivity contribution is 7.89. The number of aromatic nitrogens is 1. The minimum absolute atomic E-state index is 0.00948. The second-order valence-electron chi connectivity index (χ2n) is 7.80. The van der Waals surface area contributed by atoms with Gasteiger partial charge in [0, 0.05) is 45.2 Å². The molecule has 3 rings (SSSR count). The van der Waals surface area contributed by atoms with Crippen LogP contribution in [-0.4, -0.2) is 61.8 Å². The van der Waals surface area contributed by atoms with E-state index in [0.29, 0.717) is 30.6 Å². The van der Waals surface area contributed by atoms with Crippen molar-refractivity contribution in [1.29, 1.82) is 0 Å². The number of hydrogen-bond donors (Lipinski definition) is 1. The number of carbonyl (C=O) groups excluding carboxylic acids is 2. The lowest BCUT2D eigenvalue weighted by Crippen LogP contribution is -2.43. The summed E-state index contributed by atoms with van der Waals surface area (Å²) in [6.07, 6.45) is 0.919. The molecule has 0 spiro atoms. The second kappa shape index (κ2) is 9.19. The maximum atomic E-state index is 12.9. The third-order valence-electron chi connectivity index (χ3n) is 5.61. The van der Waals surface area contributed by atoms with Crippen LogP contribution >= 0.6 is 0 Å². The van der Waals surface area contributed by atoms with Crippen LogP contribution in [0.5, 0.6) is 0 Å². The molecule has 0 radical (unpaired) electrons. The van der Waals surface area contributed by atoms with Crippen molar-refractivity contribution in [2.45, 2.75) is 38.1 Å².